The van der Waals surface area contributed by atoms with Crippen molar-refractivity contribution in [2.45, 2.75) is 24.9 Å². The molecule has 0 aromatic carbocycles. The maximum atomic E-state index is 12.2. The highest BCUT2D eigenvalue weighted by atomic mass is 32.3. The van der Waals surface area contributed by atoms with Crippen molar-refractivity contribution in [1.82, 2.24) is 21.3 Å². The summed E-state index contributed by atoms with van der Waals surface area (Å²) in [6.07, 6.45) is 0.848. The number of urea groups is 1. The van der Waals surface area contributed by atoms with E-state index in [4.69, 9.17) is 10.3 Å². The Morgan fingerprint density at radius 2 is 2.17 bits per heavy atom. The summed E-state index contributed by atoms with van der Waals surface area (Å²) in [5.74, 6) is -0.929. The molecule has 2 saturated heterocycles. The first-order valence-corrected chi connectivity index (χ1v) is 7.61. The maximum absolute atomic E-state index is 12.2. The summed E-state index contributed by atoms with van der Waals surface area (Å²) >= 11 is 0. The number of piperidine rings is 1. The summed E-state index contributed by atoms with van der Waals surface area (Å²) in [5, 5.41) is 4.27. The molecule has 2 aliphatic heterocycles. The van der Waals surface area contributed by atoms with E-state index >= 15 is 0 Å². The summed E-state index contributed by atoms with van der Waals surface area (Å²) in [5.41, 5.74) is 5.39. The summed E-state index contributed by atoms with van der Waals surface area (Å²) in [6.45, 7) is 0.178. The molecule has 0 spiro atoms. The highest BCUT2D eigenvalue weighted by molar-refractivity contribution is 7.80. The van der Waals surface area contributed by atoms with Gasteiger partial charge in [-0.05, 0) is 12.8 Å². The van der Waals surface area contributed by atoms with Gasteiger partial charge in [0.1, 0.15) is 5.69 Å². The Labute approximate surface area is 130 Å². The molecule has 2 bridgehead atoms. The van der Waals surface area contributed by atoms with Crippen molar-refractivity contribution in [2.75, 3.05) is 6.54 Å². The predicted octanol–water partition coefficient (Wildman–Crippen LogP) is -0.517. The quantitative estimate of drug-likeness (QED) is 0.534. The fourth-order valence-corrected chi connectivity index (χ4v) is 3.08. The van der Waals surface area contributed by atoms with Crippen molar-refractivity contribution in [2.24, 2.45) is 5.73 Å². The van der Waals surface area contributed by atoms with Crippen molar-refractivity contribution in [1.29, 1.82) is 0 Å². The fraction of sp³-hybridized carbons (Fsp3) is 0.500. The Balaban J connectivity index is 0.00000192. The maximum Gasteiger partial charge on any atom is 0.346 e. The number of carbonyl (C=O) groups is 2. The number of hydroxylamine groups is 2. The minimum absolute atomic E-state index is 0. The van der Waals surface area contributed by atoms with Gasteiger partial charge in [0.15, 0.2) is 0 Å². The van der Waals surface area contributed by atoms with Gasteiger partial charge in [-0.2, -0.15) is 9.35 Å². The molecule has 0 radical (unpaired) electrons. The van der Waals surface area contributed by atoms with Crippen LogP contribution in [-0.4, -0.2) is 52.6 Å². The van der Waals surface area contributed by atoms with Gasteiger partial charge < -0.3 is 25.9 Å². The number of hydrogen-bond acceptors (Lipinski definition) is 8. The third kappa shape index (κ3) is 3.12. The lowest BCUT2D eigenvalue weighted by Gasteiger charge is -2.28. The molecule has 1 aromatic heterocycles. The van der Waals surface area contributed by atoms with Gasteiger partial charge in [-0.15, -0.1) is 0 Å². The van der Waals surface area contributed by atoms with Gasteiger partial charge in [-0.25, -0.2) is 13.2 Å². The van der Waals surface area contributed by atoms with Gasteiger partial charge in [-0.1, -0.05) is 5.16 Å². The lowest BCUT2D eigenvalue weighted by Crippen LogP contribution is -2.35. The van der Waals surface area contributed by atoms with Crippen LogP contribution in [0.15, 0.2) is 10.6 Å². The summed E-state index contributed by atoms with van der Waals surface area (Å²) in [7, 11) is -5.04. The molecule has 6 N–H and O–H groups in total. The number of fused-ring (bicyclic) bond motifs is 2. The van der Waals surface area contributed by atoms with Crippen LogP contribution < -0.4 is 11.9 Å². The second-order valence-corrected chi connectivity index (χ2v) is 5.94. The van der Waals surface area contributed by atoms with E-state index in [9.17, 15) is 22.6 Å². The summed E-state index contributed by atoms with van der Waals surface area (Å²) < 4.78 is 41.0. The molecule has 3 rings (SSSR count). The number of amides is 3. The molecule has 0 aliphatic carbocycles. The molecule has 0 saturated carbocycles. The van der Waals surface area contributed by atoms with Crippen molar-refractivity contribution >= 4 is 22.3 Å². The van der Waals surface area contributed by atoms with Crippen molar-refractivity contribution in [3.05, 3.63) is 17.5 Å². The predicted molar refractivity (Wildman–Crippen MR) is 71.5 cm³/mol. The normalized spacial score (nSPS) is 23.8. The standard InChI is InChI=1S/C10H12N4O7S.H3N/c11-9(15)8-3-6(12-20-8)7-2-1-5-4-13(7)10(16)14(5)21-22(17,18)19;/h3,5,7H,1-2,4H2,(H2,11,15)(H,17,18,19);1H3/t5-,7+;/m1./s1. The number of rotatable bonds is 4. The van der Waals surface area contributed by atoms with Crippen LogP contribution in [0, 0.1) is 0 Å². The van der Waals surface area contributed by atoms with Crippen LogP contribution in [0.1, 0.15) is 35.1 Å². The molecule has 1 aromatic rings. The van der Waals surface area contributed by atoms with Gasteiger partial charge in [0.05, 0.1) is 12.1 Å². The van der Waals surface area contributed by atoms with E-state index in [1.807, 2.05) is 0 Å². The zero-order chi connectivity index (χ0) is 16.1. The SMILES string of the molecule is NC(=O)c1cc([C@@H]2CC[C@@H]3CN2C(=O)N3OS(=O)(=O)[O-])no1.[NH4+]. The zero-order valence-corrected chi connectivity index (χ0v) is 12.9. The van der Waals surface area contributed by atoms with Gasteiger partial charge in [0, 0.05) is 12.6 Å². The first-order chi connectivity index (χ1) is 10.3. The van der Waals surface area contributed by atoms with Gasteiger partial charge >= 0.3 is 6.03 Å². The minimum Gasteiger partial charge on any atom is -0.724 e. The molecule has 128 valence electrons. The first-order valence-electron chi connectivity index (χ1n) is 6.28. The Morgan fingerprint density at radius 3 is 2.74 bits per heavy atom. The summed E-state index contributed by atoms with van der Waals surface area (Å²) in [4.78, 5) is 24.5. The van der Waals surface area contributed by atoms with Crippen LogP contribution in [0.2, 0.25) is 0 Å². The summed E-state index contributed by atoms with van der Waals surface area (Å²) in [6, 6.07) is -0.469. The topological polar surface area (TPSA) is 196 Å². The number of nitrogens with zero attached hydrogens (tertiary/aromatic N) is 3. The Kier molecular flexibility index (Phi) is 4.30. The van der Waals surface area contributed by atoms with Crippen LogP contribution >= 0.6 is 0 Å². The lowest BCUT2D eigenvalue weighted by molar-refractivity contribution is -0.0328. The number of nitrogens with two attached hydrogens (primary N) is 1. The molecule has 12 nitrogen and oxygen atoms in total. The van der Waals surface area contributed by atoms with E-state index in [0.29, 0.717) is 23.6 Å². The molecule has 3 heterocycles. The number of hydrogen-bond donors (Lipinski definition) is 2. The lowest BCUT2D eigenvalue weighted by atomic mass is 9.98. The van der Waals surface area contributed by atoms with E-state index in [0.717, 1.165) is 0 Å². The van der Waals surface area contributed by atoms with Gasteiger partial charge in [-0.3, -0.25) is 4.79 Å². The highest BCUT2D eigenvalue weighted by Gasteiger charge is 2.47. The van der Waals surface area contributed by atoms with Crippen LogP contribution in [0.4, 0.5) is 4.79 Å². The first kappa shape index (κ1) is 17.1. The van der Waals surface area contributed by atoms with Crippen molar-refractivity contribution in [3.8, 4) is 0 Å². The third-order valence-corrected chi connectivity index (χ3v) is 3.95. The molecule has 2 atom stereocenters. The zero-order valence-electron chi connectivity index (χ0n) is 12.0. The van der Waals surface area contributed by atoms with Crippen LogP contribution in [0.25, 0.3) is 0 Å². The van der Waals surface area contributed by atoms with Crippen molar-refractivity contribution < 1.29 is 31.4 Å². The van der Waals surface area contributed by atoms with Gasteiger partial charge in [0.25, 0.3) is 5.91 Å². The molecule has 23 heavy (non-hydrogen) atoms. The molecule has 13 heteroatoms. The fourth-order valence-electron chi connectivity index (χ4n) is 2.70. The Bertz CT molecular complexity index is 732. The largest absolute Gasteiger partial charge is 0.724 e. The molecular weight excluding hydrogens is 334 g/mol. The number of carbonyl (C=O) groups excluding carboxylic acids is 2. The van der Waals surface area contributed by atoms with E-state index in [2.05, 4.69) is 9.44 Å². The van der Waals surface area contributed by atoms with E-state index in [1.165, 1.54) is 11.0 Å². The molecule has 2 aliphatic rings. The molecule has 3 amide bonds. The highest BCUT2D eigenvalue weighted by Crippen LogP contribution is 2.38. The third-order valence-electron chi connectivity index (χ3n) is 3.61. The number of quaternary nitrogens is 1. The van der Waals surface area contributed by atoms with Crippen LogP contribution in [-0.2, 0) is 14.7 Å². The second-order valence-electron chi connectivity index (χ2n) is 4.97. The average Bonchev–Trinajstić information content (AvgIpc) is 2.99. The average molecular weight is 349 g/mol. The molecule has 0 unspecified atom stereocenters. The Morgan fingerprint density at radius 1 is 1.48 bits per heavy atom. The smallest absolute Gasteiger partial charge is 0.346 e. The Hall–Kier alpha value is -2.22. The molecular formula is C10H15N5O7S. The van der Waals surface area contributed by atoms with Crippen molar-refractivity contribution in [3.63, 3.8) is 0 Å². The monoisotopic (exact) mass is 349 g/mol. The minimum atomic E-state index is -5.04. The number of primary amides is 1. The second kappa shape index (κ2) is 5.77. The van der Waals surface area contributed by atoms with Crippen LogP contribution in [0.3, 0.4) is 0 Å². The van der Waals surface area contributed by atoms with Gasteiger partial charge in [0.2, 0.25) is 16.2 Å². The van der Waals surface area contributed by atoms with Crippen LogP contribution in [0.5, 0.6) is 0 Å². The van der Waals surface area contributed by atoms with E-state index < -0.39 is 34.4 Å². The van der Waals surface area contributed by atoms with E-state index in [1.54, 1.807) is 0 Å². The van der Waals surface area contributed by atoms with E-state index in [-0.39, 0.29) is 18.5 Å². The molecule has 2 fully saturated rings. The number of aromatic nitrogens is 1.